The third-order valence-electron chi connectivity index (χ3n) is 4.52. The molecule has 2 aromatic heterocycles. The maximum atomic E-state index is 13.1. The molecule has 3 heterocycles. The first kappa shape index (κ1) is 14.9. The van der Waals surface area contributed by atoms with Gasteiger partial charge in [-0.15, -0.1) is 0 Å². The van der Waals surface area contributed by atoms with Gasteiger partial charge in [-0.25, -0.2) is 4.98 Å². The zero-order valence-corrected chi connectivity index (χ0v) is 13.9. The van der Waals surface area contributed by atoms with Crippen molar-refractivity contribution < 1.29 is 9.59 Å². The number of fused-ring (bicyclic) bond motifs is 2. The van der Waals surface area contributed by atoms with Crippen LogP contribution in [-0.4, -0.2) is 32.1 Å². The number of amides is 2. The Balaban J connectivity index is 1.75. The van der Waals surface area contributed by atoms with Crippen LogP contribution in [0.5, 0.6) is 0 Å². The molecular formula is C17H16N4O2S. The number of carbonyl (C=O) groups is 2. The van der Waals surface area contributed by atoms with Crippen LogP contribution < -0.4 is 5.73 Å². The van der Waals surface area contributed by atoms with Crippen LogP contribution in [0.25, 0.3) is 4.96 Å². The Bertz CT molecular complexity index is 959. The quantitative estimate of drug-likeness (QED) is 0.772. The fraction of sp³-hybridized carbons (Fsp3) is 0.235. The van der Waals surface area contributed by atoms with Crippen molar-refractivity contribution >= 4 is 28.1 Å². The fourth-order valence-corrected chi connectivity index (χ4v) is 4.26. The molecule has 6 nitrogen and oxygen atoms in total. The Hall–Kier alpha value is -2.67. The highest BCUT2D eigenvalue weighted by Gasteiger charge is 2.35. The van der Waals surface area contributed by atoms with Crippen LogP contribution in [0.15, 0.2) is 36.7 Å². The second kappa shape index (κ2) is 5.45. The second-order valence-electron chi connectivity index (χ2n) is 5.92. The summed E-state index contributed by atoms with van der Waals surface area (Å²) in [5.41, 5.74) is 8.54. The van der Waals surface area contributed by atoms with E-state index in [1.165, 1.54) is 11.3 Å². The molecule has 1 aliphatic rings. The molecule has 2 N–H and O–H groups in total. The summed E-state index contributed by atoms with van der Waals surface area (Å²) in [4.78, 5) is 32.2. The van der Waals surface area contributed by atoms with E-state index in [1.54, 1.807) is 11.1 Å². The van der Waals surface area contributed by atoms with Crippen molar-refractivity contribution in [3.8, 4) is 0 Å². The lowest BCUT2D eigenvalue weighted by molar-refractivity contribution is -0.122. The van der Waals surface area contributed by atoms with Gasteiger partial charge in [0.1, 0.15) is 10.9 Å². The number of carbonyl (C=O) groups excluding carboxylic acids is 2. The highest BCUT2D eigenvalue weighted by atomic mass is 32.1. The molecule has 0 unspecified atom stereocenters. The van der Waals surface area contributed by atoms with E-state index in [0.717, 1.165) is 21.8 Å². The number of hydrogen-bond acceptors (Lipinski definition) is 4. The predicted octanol–water partition coefficient (Wildman–Crippen LogP) is 1.76. The maximum absolute atomic E-state index is 13.1. The number of imidazole rings is 1. The van der Waals surface area contributed by atoms with E-state index in [2.05, 4.69) is 4.98 Å². The number of primary amides is 1. The fourth-order valence-electron chi connectivity index (χ4n) is 3.21. The Morgan fingerprint density at radius 3 is 2.75 bits per heavy atom. The summed E-state index contributed by atoms with van der Waals surface area (Å²) in [6, 6.07) is 7.23. The van der Waals surface area contributed by atoms with Gasteiger partial charge in [0.25, 0.3) is 5.91 Å². The molecule has 1 aliphatic heterocycles. The molecule has 1 aromatic carbocycles. The molecule has 24 heavy (non-hydrogen) atoms. The first-order valence-electron chi connectivity index (χ1n) is 7.66. The van der Waals surface area contributed by atoms with Gasteiger partial charge in [-0.3, -0.25) is 14.0 Å². The van der Waals surface area contributed by atoms with E-state index in [1.807, 2.05) is 41.8 Å². The Labute approximate surface area is 142 Å². The van der Waals surface area contributed by atoms with Gasteiger partial charge in [0, 0.05) is 31.1 Å². The lowest BCUT2D eigenvalue weighted by Crippen LogP contribution is -2.51. The molecule has 122 valence electrons. The van der Waals surface area contributed by atoms with E-state index in [9.17, 15) is 9.59 Å². The largest absolute Gasteiger partial charge is 0.368 e. The van der Waals surface area contributed by atoms with Gasteiger partial charge in [0.05, 0.1) is 0 Å². The van der Waals surface area contributed by atoms with Gasteiger partial charge in [-0.1, -0.05) is 35.6 Å². The molecule has 7 heteroatoms. The molecule has 0 saturated carbocycles. The Morgan fingerprint density at radius 1 is 1.29 bits per heavy atom. The number of thiazole rings is 1. The molecule has 2 amide bonds. The lowest BCUT2D eigenvalue weighted by Gasteiger charge is -2.34. The van der Waals surface area contributed by atoms with Gasteiger partial charge in [-0.05, 0) is 18.1 Å². The molecule has 0 bridgehead atoms. The van der Waals surface area contributed by atoms with Gasteiger partial charge in [0.2, 0.25) is 5.91 Å². The minimum atomic E-state index is -0.624. The monoisotopic (exact) mass is 340 g/mol. The second-order valence-corrected chi connectivity index (χ2v) is 6.90. The molecule has 0 aliphatic carbocycles. The highest BCUT2D eigenvalue weighted by molar-refractivity contribution is 7.19. The van der Waals surface area contributed by atoms with E-state index in [4.69, 9.17) is 5.73 Å². The van der Waals surface area contributed by atoms with Crippen molar-refractivity contribution in [1.82, 2.24) is 14.3 Å². The predicted molar refractivity (Wildman–Crippen MR) is 90.8 cm³/mol. The number of aryl methyl sites for hydroxylation is 1. The summed E-state index contributed by atoms with van der Waals surface area (Å²) in [6.07, 6.45) is 3.99. The van der Waals surface area contributed by atoms with E-state index in [0.29, 0.717) is 17.8 Å². The van der Waals surface area contributed by atoms with Crippen LogP contribution in [0.4, 0.5) is 0 Å². The third-order valence-corrected chi connectivity index (χ3v) is 5.68. The number of nitrogens with two attached hydrogens (primary N) is 1. The smallest absolute Gasteiger partial charge is 0.266 e. The molecule has 1 atom stereocenters. The van der Waals surface area contributed by atoms with Crippen molar-refractivity contribution in [2.24, 2.45) is 5.73 Å². The zero-order valence-electron chi connectivity index (χ0n) is 13.1. The van der Waals surface area contributed by atoms with Crippen LogP contribution >= 0.6 is 11.3 Å². The molecule has 3 aromatic rings. The highest BCUT2D eigenvalue weighted by Crippen LogP contribution is 2.29. The normalized spacial score (nSPS) is 17.0. The standard InChI is InChI=1S/C17H16N4O2S/c1-10-14(24-17-19-6-7-20(10)17)16(23)21-9-12-5-3-2-4-11(12)8-13(21)15(18)22/h2-7,13H,8-9H2,1H3,(H2,18,22)/t13-/m0/s1. The number of hydrogen-bond donors (Lipinski definition) is 1. The number of benzene rings is 1. The van der Waals surface area contributed by atoms with Crippen LogP contribution in [0.3, 0.4) is 0 Å². The molecule has 0 fully saturated rings. The maximum Gasteiger partial charge on any atom is 0.266 e. The van der Waals surface area contributed by atoms with E-state index < -0.39 is 11.9 Å². The zero-order chi connectivity index (χ0) is 16.8. The third kappa shape index (κ3) is 2.20. The van der Waals surface area contributed by atoms with Crippen molar-refractivity contribution in [2.75, 3.05) is 0 Å². The van der Waals surface area contributed by atoms with Crippen LogP contribution in [0.1, 0.15) is 26.5 Å². The van der Waals surface area contributed by atoms with Gasteiger partial charge in [0.15, 0.2) is 4.96 Å². The number of rotatable bonds is 2. The first-order chi connectivity index (χ1) is 11.6. The number of aromatic nitrogens is 2. The minimum Gasteiger partial charge on any atom is -0.368 e. The molecule has 4 rings (SSSR count). The molecule has 0 spiro atoms. The van der Waals surface area contributed by atoms with Crippen molar-refractivity contribution in [2.45, 2.75) is 25.9 Å². The Kier molecular flexibility index (Phi) is 3.38. The van der Waals surface area contributed by atoms with Crippen LogP contribution in [0, 0.1) is 6.92 Å². The Morgan fingerprint density at radius 2 is 2.04 bits per heavy atom. The summed E-state index contributed by atoms with van der Waals surface area (Å²) in [6.45, 7) is 2.28. The molecule has 0 saturated heterocycles. The van der Waals surface area contributed by atoms with Gasteiger partial charge in [-0.2, -0.15) is 0 Å². The summed E-state index contributed by atoms with van der Waals surface area (Å²) >= 11 is 1.34. The van der Waals surface area contributed by atoms with Crippen molar-refractivity contribution in [3.05, 3.63) is 58.4 Å². The SMILES string of the molecule is Cc1c(C(=O)N2Cc3ccccc3C[C@H]2C(N)=O)sc2nccn12. The van der Waals surface area contributed by atoms with Gasteiger partial charge >= 0.3 is 0 Å². The van der Waals surface area contributed by atoms with Crippen LogP contribution in [-0.2, 0) is 17.8 Å². The first-order valence-corrected chi connectivity index (χ1v) is 8.47. The van der Waals surface area contributed by atoms with E-state index >= 15 is 0 Å². The minimum absolute atomic E-state index is 0.165. The number of nitrogens with zero attached hydrogens (tertiary/aromatic N) is 3. The summed E-state index contributed by atoms with van der Waals surface area (Å²) in [5, 5.41) is 0. The average molecular weight is 340 g/mol. The average Bonchev–Trinajstić information content (AvgIpc) is 3.16. The topological polar surface area (TPSA) is 80.7 Å². The molecule has 0 radical (unpaired) electrons. The van der Waals surface area contributed by atoms with Crippen LogP contribution in [0.2, 0.25) is 0 Å². The lowest BCUT2D eigenvalue weighted by atomic mass is 9.93. The van der Waals surface area contributed by atoms with E-state index in [-0.39, 0.29) is 5.91 Å². The summed E-state index contributed by atoms with van der Waals surface area (Å²) in [7, 11) is 0. The van der Waals surface area contributed by atoms with Crippen molar-refractivity contribution in [1.29, 1.82) is 0 Å². The summed E-state index contributed by atoms with van der Waals surface area (Å²) in [5.74, 6) is -0.641. The molecular weight excluding hydrogens is 324 g/mol. The van der Waals surface area contributed by atoms with Crippen molar-refractivity contribution in [3.63, 3.8) is 0 Å². The van der Waals surface area contributed by atoms with Gasteiger partial charge < -0.3 is 10.6 Å². The summed E-state index contributed by atoms with van der Waals surface area (Å²) < 4.78 is 1.88.